The maximum atomic E-state index is 12.0. The molecule has 1 heterocycles. The summed E-state index contributed by atoms with van der Waals surface area (Å²) in [6.07, 6.45) is 1.78. The lowest BCUT2D eigenvalue weighted by molar-refractivity contribution is 0.0526. The van der Waals surface area contributed by atoms with Gasteiger partial charge in [-0.15, -0.1) is 0 Å². The first-order valence-corrected chi connectivity index (χ1v) is 7.32. The molecule has 0 aliphatic carbocycles. The van der Waals surface area contributed by atoms with E-state index in [0.717, 1.165) is 31.5 Å². The number of aliphatic hydroxyl groups excluding tert-OH is 1. The van der Waals surface area contributed by atoms with Crippen LogP contribution in [0.1, 0.15) is 35.2 Å². The fourth-order valence-electron chi connectivity index (χ4n) is 2.57. The Bertz CT molecular complexity index is 444. The summed E-state index contributed by atoms with van der Waals surface area (Å²) in [4.78, 5) is 14.2. The average molecular weight is 276 g/mol. The van der Waals surface area contributed by atoms with Crippen molar-refractivity contribution in [1.29, 1.82) is 0 Å². The minimum atomic E-state index is -0.434. The van der Waals surface area contributed by atoms with Crippen LogP contribution in [0.4, 0.5) is 0 Å². The third-order valence-electron chi connectivity index (χ3n) is 3.97. The van der Waals surface area contributed by atoms with Crippen LogP contribution >= 0.6 is 0 Å². The van der Waals surface area contributed by atoms with Gasteiger partial charge in [0.25, 0.3) is 0 Å². The molecule has 0 unspecified atom stereocenters. The first-order valence-electron chi connectivity index (χ1n) is 7.32. The van der Waals surface area contributed by atoms with Crippen LogP contribution in [0.2, 0.25) is 0 Å². The van der Waals surface area contributed by atoms with Gasteiger partial charge in [0.1, 0.15) is 0 Å². The number of carbonyl (C=O) groups excluding carboxylic acids is 1. The predicted octanol–water partition coefficient (Wildman–Crippen LogP) is 1.35. The second-order valence-corrected chi connectivity index (χ2v) is 5.71. The molecule has 4 heteroatoms. The molecule has 0 aromatic heterocycles. The van der Waals surface area contributed by atoms with Crippen LogP contribution in [0.5, 0.6) is 0 Å². The van der Waals surface area contributed by atoms with Crippen molar-refractivity contribution in [3.05, 3.63) is 35.4 Å². The molecule has 4 nitrogen and oxygen atoms in total. The predicted molar refractivity (Wildman–Crippen MR) is 79.8 cm³/mol. The normalized spacial score (nSPS) is 23.8. The molecule has 1 aliphatic heterocycles. The maximum Gasteiger partial charge on any atom is 0.162 e. The standard InChI is InChI=1S/C16H24N2O2/c1-12-4-6-13(7-5-12)15(19)3-2-9-18-10-8-14(17)16(20)11-18/h4-7,14,16,20H,2-3,8-11,17H2,1H3/t14-,16-/m1/s1. The molecule has 0 bridgehead atoms. The molecule has 1 aromatic rings. The lowest BCUT2D eigenvalue weighted by Gasteiger charge is -2.33. The number of rotatable bonds is 5. The Kier molecular flexibility index (Phi) is 5.29. The monoisotopic (exact) mass is 276 g/mol. The van der Waals surface area contributed by atoms with Gasteiger partial charge in [0.2, 0.25) is 0 Å². The highest BCUT2D eigenvalue weighted by molar-refractivity contribution is 5.96. The number of hydrogen-bond acceptors (Lipinski definition) is 4. The number of hydrogen-bond donors (Lipinski definition) is 2. The van der Waals surface area contributed by atoms with Crippen LogP contribution in [-0.2, 0) is 0 Å². The van der Waals surface area contributed by atoms with Crippen LogP contribution in [0.25, 0.3) is 0 Å². The molecule has 1 saturated heterocycles. The fourth-order valence-corrected chi connectivity index (χ4v) is 2.57. The average Bonchev–Trinajstić information content (AvgIpc) is 2.43. The highest BCUT2D eigenvalue weighted by atomic mass is 16.3. The van der Waals surface area contributed by atoms with Gasteiger partial charge in [0, 0.05) is 24.6 Å². The molecule has 3 N–H and O–H groups in total. The molecule has 0 saturated carbocycles. The molecule has 2 rings (SSSR count). The van der Waals surface area contributed by atoms with Crippen LogP contribution in [0.15, 0.2) is 24.3 Å². The van der Waals surface area contributed by atoms with Crippen LogP contribution in [0, 0.1) is 6.92 Å². The zero-order valence-electron chi connectivity index (χ0n) is 12.1. The van der Waals surface area contributed by atoms with Gasteiger partial charge < -0.3 is 15.7 Å². The quantitative estimate of drug-likeness (QED) is 0.797. The number of benzene rings is 1. The Morgan fingerprint density at radius 3 is 2.75 bits per heavy atom. The molecule has 0 radical (unpaired) electrons. The molecule has 0 amide bonds. The summed E-state index contributed by atoms with van der Waals surface area (Å²) in [5, 5.41) is 9.73. The molecule has 0 spiro atoms. The summed E-state index contributed by atoms with van der Waals surface area (Å²) in [6.45, 7) is 4.40. The van der Waals surface area contributed by atoms with E-state index in [9.17, 15) is 9.90 Å². The van der Waals surface area contributed by atoms with Crippen molar-refractivity contribution in [1.82, 2.24) is 4.90 Å². The number of carbonyl (C=O) groups is 1. The van der Waals surface area contributed by atoms with E-state index in [1.807, 2.05) is 31.2 Å². The van der Waals surface area contributed by atoms with Gasteiger partial charge in [0.15, 0.2) is 5.78 Å². The van der Waals surface area contributed by atoms with Gasteiger partial charge >= 0.3 is 0 Å². The minimum Gasteiger partial charge on any atom is -0.390 e. The minimum absolute atomic E-state index is 0.0968. The SMILES string of the molecule is Cc1ccc(C(=O)CCCN2CC[C@@H](N)[C@H](O)C2)cc1. The Balaban J connectivity index is 1.73. The number of nitrogens with zero attached hydrogens (tertiary/aromatic N) is 1. The van der Waals surface area contributed by atoms with Crippen LogP contribution in [0.3, 0.4) is 0 Å². The Hall–Kier alpha value is -1.23. The number of likely N-dealkylation sites (tertiary alicyclic amines) is 1. The summed E-state index contributed by atoms with van der Waals surface area (Å²) >= 11 is 0. The van der Waals surface area contributed by atoms with E-state index in [2.05, 4.69) is 4.90 Å². The van der Waals surface area contributed by atoms with Crippen molar-refractivity contribution < 1.29 is 9.90 Å². The Morgan fingerprint density at radius 2 is 2.10 bits per heavy atom. The number of piperidine rings is 1. The summed E-state index contributed by atoms with van der Waals surface area (Å²) < 4.78 is 0. The van der Waals surface area contributed by atoms with Gasteiger partial charge in [-0.2, -0.15) is 0 Å². The van der Waals surface area contributed by atoms with Gasteiger partial charge in [-0.3, -0.25) is 4.79 Å². The van der Waals surface area contributed by atoms with E-state index in [-0.39, 0.29) is 11.8 Å². The number of nitrogens with two attached hydrogens (primary N) is 1. The van der Waals surface area contributed by atoms with Gasteiger partial charge in [0.05, 0.1) is 6.10 Å². The number of aliphatic hydroxyl groups is 1. The van der Waals surface area contributed by atoms with Crippen molar-refractivity contribution >= 4 is 5.78 Å². The first kappa shape index (κ1) is 15.2. The van der Waals surface area contributed by atoms with Crippen molar-refractivity contribution in [2.45, 2.75) is 38.3 Å². The zero-order chi connectivity index (χ0) is 14.5. The van der Waals surface area contributed by atoms with Crippen molar-refractivity contribution in [2.24, 2.45) is 5.73 Å². The zero-order valence-corrected chi connectivity index (χ0v) is 12.1. The summed E-state index contributed by atoms with van der Waals surface area (Å²) in [5.74, 6) is 0.194. The fraction of sp³-hybridized carbons (Fsp3) is 0.562. The van der Waals surface area contributed by atoms with E-state index < -0.39 is 6.10 Å². The van der Waals surface area contributed by atoms with Crippen LogP contribution < -0.4 is 5.73 Å². The molecule has 1 aliphatic rings. The van der Waals surface area contributed by atoms with Crippen LogP contribution in [-0.4, -0.2) is 47.6 Å². The number of β-amino-alcohol motifs (C(OH)–C–C–N with tert-alkyl or cyclic N) is 1. The first-order chi connectivity index (χ1) is 9.56. The Labute approximate surface area is 120 Å². The molecular formula is C16H24N2O2. The van der Waals surface area contributed by atoms with Crippen molar-refractivity contribution in [3.8, 4) is 0 Å². The van der Waals surface area contributed by atoms with E-state index in [1.165, 1.54) is 5.56 Å². The number of Topliss-reactive ketones (excluding diaryl/α,β-unsaturated/α-hetero) is 1. The van der Waals surface area contributed by atoms with E-state index >= 15 is 0 Å². The van der Waals surface area contributed by atoms with Crippen molar-refractivity contribution in [2.75, 3.05) is 19.6 Å². The second-order valence-electron chi connectivity index (χ2n) is 5.71. The number of aryl methyl sites for hydroxylation is 1. The number of ketones is 1. The lowest BCUT2D eigenvalue weighted by atomic mass is 10.0. The highest BCUT2D eigenvalue weighted by Gasteiger charge is 2.24. The highest BCUT2D eigenvalue weighted by Crippen LogP contribution is 2.12. The maximum absolute atomic E-state index is 12.0. The molecule has 2 atom stereocenters. The molecular weight excluding hydrogens is 252 g/mol. The van der Waals surface area contributed by atoms with E-state index in [0.29, 0.717) is 13.0 Å². The molecule has 1 aromatic carbocycles. The van der Waals surface area contributed by atoms with E-state index in [1.54, 1.807) is 0 Å². The smallest absolute Gasteiger partial charge is 0.162 e. The van der Waals surface area contributed by atoms with Crippen molar-refractivity contribution in [3.63, 3.8) is 0 Å². The largest absolute Gasteiger partial charge is 0.390 e. The third kappa shape index (κ3) is 4.13. The topological polar surface area (TPSA) is 66.6 Å². The van der Waals surface area contributed by atoms with E-state index in [4.69, 9.17) is 5.73 Å². The summed E-state index contributed by atoms with van der Waals surface area (Å²) in [7, 11) is 0. The van der Waals surface area contributed by atoms with Gasteiger partial charge in [-0.25, -0.2) is 0 Å². The van der Waals surface area contributed by atoms with Gasteiger partial charge in [-0.1, -0.05) is 29.8 Å². The summed E-state index contributed by atoms with van der Waals surface area (Å²) in [6, 6.07) is 7.62. The molecule has 20 heavy (non-hydrogen) atoms. The molecule has 110 valence electrons. The van der Waals surface area contributed by atoms with Gasteiger partial charge in [-0.05, 0) is 32.9 Å². The summed E-state index contributed by atoms with van der Waals surface area (Å²) in [5.41, 5.74) is 7.73. The third-order valence-corrected chi connectivity index (χ3v) is 3.97. The lowest BCUT2D eigenvalue weighted by Crippen LogP contribution is -2.50. The molecule has 1 fully saturated rings. The Morgan fingerprint density at radius 1 is 1.40 bits per heavy atom. The second kappa shape index (κ2) is 6.97.